The predicted molar refractivity (Wildman–Crippen MR) is 69.4 cm³/mol. The lowest BCUT2D eigenvalue weighted by Crippen LogP contribution is -2.26. The van der Waals surface area contributed by atoms with E-state index in [1.54, 1.807) is 0 Å². The molecule has 16 heavy (non-hydrogen) atoms. The summed E-state index contributed by atoms with van der Waals surface area (Å²) in [5, 5.41) is 10.3. The fourth-order valence-electron chi connectivity index (χ4n) is 1.80. The first-order valence-electron chi connectivity index (χ1n) is 5.89. The zero-order chi connectivity index (χ0) is 12.0. The van der Waals surface area contributed by atoms with Crippen molar-refractivity contribution in [3.63, 3.8) is 0 Å². The molecule has 1 rings (SSSR count). The molecular weight excluding hydrogens is 196 g/mol. The average Bonchev–Trinajstić information content (AvgIpc) is 2.17. The molecule has 0 saturated carbocycles. The predicted octanol–water partition coefficient (Wildman–Crippen LogP) is 3.73. The molecule has 1 aromatic rings. The molecule has 1 heteroatoms. The number of rotatable bonds is 5. The molecule has 0 bridgehead atoms. The zero-order valence-corrected chi connectivity index (χ0v) is 10.5. The summed E-state index contributed by atoms with van der Waals surface area (Å²) < 4.78 is 0. The van der Waals surface area contributed by atoms with Crippen molar-refractivity contribution in [2.45, 2.75) is 45.6 Å². The van der Waals surface area contributed by atoms with Crippen LogP contribution in [-0.2, 0) is 6.42 Å². The summed E-state index contributed by atoms with van der Waals surface area (Å²) in [5.74, 6) is 0. The Bertz CT molecular complexity index is 332. The first-order valence-corrected chi connectivity index (χ1v) is 5.89. The van der Waals surface area contributed by atoms with E-state index >= 15 is 0 Å². The first-order chi connectivity index (χ1) is 7.49. The monoisotopic (exact) mass is 218 g/mol. The van der Waals surface area contributed by atoms with Crippen LogP contribution in [0, 0.1) is 0 Å². The number of hydrogen-bond acceptors (Lipinski definition) is 1. The van der Waals surface area contributed by atoms with Crippen molar-refractivity contribution in [3.05, 3.63) is 47.5 Å². The van der Waals surface area contributed by atoms with E-state index in [0.29, 0.717) is 0 Å². The van der Waals surface area contributed by atoms with Gasteiger partial charge in [0.15, 0.2) is 0 Å². The molecule has 0 aromatic heterocycles. The van der Waals surface area contributed by atoms with Crippen molar-refractivity contribution in [1.29, 1.82) is 0 Å². The van der Waals surface area contributed by atoms with E-state index in [1.807, 2.05) is 25.1 Å². The first kappa shape index (κ1) is 13.0. The fraction of sp³-hybridized carbons (Fsp3) is 0.467. The van der Waals surface area contributed by atoms with E-state index in [0.717, 1.165) is 19.3 Å². The third-order valence-electron chi connectivity index (χ3n) is 2.66. The van der Waals surface area contributed by atoms with E-state index in [4.69, 9.17) is 0 Å². The minimum absolute atomic E-state index is 0.604. The van der Waals surface area contributed by atoms with Crippen molar-refractivity contribution < 1.29 is 5.11 Å². The smallest absolute Gasteiger partial charge is 0.0662 e. The van der Waals surface area contributed by atoms with Crippen molar-refractivity contribution >= 4 is 0 Å². The van der Waals surface area contributed by atoms with Crippen molar-refractivity contribution in [1.82, 2.24) is 0 Å². The lowest BCUT2D eigenvalue weighted by molar-refractivity contribution is 0.0523. The zero-order valence-electron chi connectivity index (χ0n) is 10.5. The Morgan fingerprint density at radius 2 is 1.88 bits per heavy atom. The topological polar surface area (TPSA) is 20.2 Å². The summed E-state index contributed by atoms with van der Waals surface area (Å²) in [5.41, 5.74) is 1.91. The Kier molecular flexibility index (Phi) is 4.75. The van der Waals surface area contributed by atoms with Gasteiger partial charge in [0.05, 0.1) is 5.60 Å². The quantitative estimate of drug-likeness (QED) is 0.747. The number of benzene rings is 1. The molecule has 0 fully saturated rings. The van der Waals surface area contributed by atoms with Crippen LogP contribution in [0.3, 0.4) is 0 Å². The summed E-state index contributed by atoms with van der Waals surface area (Å²) in [6.45, 7) is 6.09. The second-order valence-electron chi connectivity index (χ2n) is 4.98. The number of allylic oxidation sites excluding steroid dienone is 2. The van der Waals surface area contributed by atoms with E-state index in [9.17, 15) is 5.11 Å². The van der Waals surface area contributed by atoms with Gasteiger partial charge < -0.3 is 5.11 Å². The van der Waals surface area contributed by atoms with E-state index in [1.165, 1.54) is 11.1 Å². The van der Waals surface area contributed by atoms with Crippen LogP contribution in [0.5, 0.6) is 0 Å². The molecule has 0 aliphatic heterocycles. The Hall–Kier alpha value is -1.08. The van der Waals surface area contributed by atoms with Gasteiger partial charge in [-0.3, -0.25) is 0 Å². The maximum Gasteiger partial charge on any atom is 0.0662 e. The van der Waals surface area contributed by atoms with Gasteiger partial charge >= 0.3 is 0 Å². The molecule has 0 aliphatic carbocycles. The summed E-state index contributed by atoms with van der Waals surface area (Å²) in [6.07, 6.45) is 4.67. The van der Waals surface area contributed by atoms with Gasteiger partial charge in [-0.1, -0.05) is 42.0 Å². The summed E-state index contributed by atoms with van der Waals surface area (Å²) in [4.78, 5) is 0. The van der Waals surface area contributed by atoms with Crippen LogP contribution in [0.25, 0.3) is 0 Å². The molecule has 1 unspecified atom stereocenters. The molecule has 1 aromatic carbocycles. The van der Waals surface area contributed by atoms with Gasteiger partial charge in [-0.25, -0.2) is 0 Å². The highest BCUT2D eigenvalue weighted by molar-refractivity contribution is 5.16. The number of aliphatic hydroxyl groups is 1. The van der Waals surface area contributed by atoms with Gasteiger partial charge in [-0.15, -0.1) is 0 Å². The number of hydrogen-bond donors (Lipinski definition) is 1. The molecule has 1 nitrogen and oxygen atoms in total. The molecule has 0 amide bonds. The molecule has 0 radical (unpaired) electrons. The van der Waals surface area contributed by atoms with Crippen LogP contribution in [0.15, 0.2) is 42.0 Å². The molecule has 0 heterocycles. The normalized spacial score (nSPS) is 14.2. The highest BCUT2D eigenvalue weighted by Gasteiger charge is 2.19. The molecule has 0 aliphatic rings. The van der Waals surface area contributed by atoms with Crippen molar-refractivity contribution in [3.8, 4) is 0 Å². The molecule has 1 N–H and O–H groups in total. The van der Waals surface area contributed by atoms with Gasteiger partial charge in [-0.2, -0.15) is 0 Å². The Labute approximate surface area is 98.8 Å². The molecule has 0 spiro atoms. The molecule has 1 atom stereocenters. The van der Waals surface area contributed by atoms with E-state index in [2.05, 4.69) is 32.1 Å². The second kappa shape index (κ2) is 5.86. The minimum atomic E-state index is -0.604. The third kappa shape index (κ3) is 5.13. The largest absolute Gasteiger partial charge is 0.390 e. The van der Waals surface area contributed by atoms with Crippen LogP contribution in [0.1, 0.15) is 39.2 Å². The Morgan fingerprint density at radius 3 is 2.44 bits per heavy atom. The van der Waals surface area contributed by atoms with Crippen LogP contribution in [0.4, 0.5) is 0 Å². The highest BCUT2D eigenvalue weighted by Crippen LogP contribution is 2.19. The van der Waals surface area contributed by atoms with Gasteiger partial charge in [0, 0.05) is 6.42 Å². The van der Waals surface area contributed by atoms with Gasteiger partial charge in [-0.05, 0) is 39.2 Å². The van der Waals surface area contributed by atoms with Crippen LogP contribution < -0.4 is 0 Å². The summed E-state index contributed by atoms with van der Waals surface area (Å²) in [6, 6.07) is 10.2. The van der Waals surface area contributed by atoms with Gasteiger partial charge in [0.1, 0.15) is 0 Å². The standard InChI is InChI=1S/C15H22O/c1-13(2)8-7-11-15(3,16)12-14-9-5-4-6-10-14/h4-6,8-10,16H,7,11-12H2,1-3H3. The maximum absolute atomic E-state index is 10.3. The average molecular weight is 218 g/mol. The molecular formula is C15H22O. The van der Waals surface area contributed by atoms with Crippen LogP contribution in [0.2, 0.25) is 0 Å². The van der Waals surface area contributed by atoms with E-state index in [-0.39, 0.29) is 0 Å². The summed E-state index contributed by atoms with van der Waals surface area (Å²) >= 11 is 0. The Morgan fingerprint density at radius 1 is 1.25 bits per heavy atom. The fourth-order valence-corrected chi connectivity index (χ4v) is 1.80. The highest BCUT2D eigenvalue weighted by atomic mass is 16.3. The van der Waals surface area contributed by atoms with Crippen molar-refractivity contribution in [2.24, 2.45) is 0 Å². The summed E-state index contributed by atoms with van der Waals surface area (Å²) in [7, 11) is 0. The van der Waals surface area contributed by atoms with E-state index < -0.39 is 5.60 Å². The third-order valence-corrected chi connectivity index (χ3v) is 2.66. The van der Waals surface area contributed by atoms with Gasteiger partial charge in [0.2, 0.25) is 0 Å². The SMILES string of the molecule is CC(C)=CCCC(C)(O)Cc1ccccc1. The molecule has 0 saturated heterocycles. The minimum Gasteiger partial charge on any atom is -0.390 e. The van der Waals surface area contributed by atoms with Crippen LogP contribution in [-0.4, -0.2) is 10.7 Å². The van der Waals surface area contributed by atoms with Crippen LogP contribution >= 0.6 is 0 Å². The lowest BCUT2D eigenvalue weighted by Gasteiger charge is -2.22. The van der Waals surface area contributed by atoms with Gasteiger partial charge in [0.25, 0.3) is 0 Å². The second-order valence-corrected chi connectivity index (χ2v) is 4.98. The maximum atomic E-state index is 10.3. The van der Waals surface area contributed by atoms with Crippen molar-refractivity contribution in [2.75, 3.05) is 0 Å². The molecule has 88 valence electrons. The lowest BCUT2D eigenvalue weighted by atomic mass is 9.91. The Balaban J connectivity index is 2.48.